The van der Waals surface area contributed by atoms with Crippen molar-refractivity contribution in [2.45, 2.75) is 13.8 Å². The average Bonchev–Trinajstić information content (AvgIpc) is 2.17. The lowest BCUT2D eigenvalue weighted by Gasteiger charge is -1.91. The van der Waals surface area contributed by atoms with E-state index in [0.29, 0.717) is 5.57 Å². The first kappa shape index (κ1) is 14.9. The van der Waals surface area contributed by atoms with Crippen molar-refractivity contribution in [1.29, 1.82) is 0 Å². The lowest BCUT2D eigenvalue weighted by Crippen LogP contribution is -1.98. The van der Waals surface area contributed by atoms with Crippen molar-refractivity contribution in [3.63, 3.8) is 0 Å². The highest BCUT2D eigenvalue weighted by Crippen LogP contribution is 1.87. The van der Waals surface area contributed by atoms with Gasteiger partial charge >= 0.3 is 11.9 Å². The van der Waals surface area contributed by atoms with Gasteiger partial charge in [0.05, 0.1) is 14.2 Å². The van der Waals surface area contributed by atoms with Crippen molar-refractivity contribution in [3.8, 4) is 0 Å². The molecule has 0 radical (unpaired) electrons. The highest BCUT2D eigenvalue weighted by molar-refractivity contribution is 5.86. The molecule has 0 unspecified atom stereocenters. The Balaban J connectivity index is 0. The van der Waals surface area contributed by atoms with E-state index in [4.69, 9.17) is 0 Å². The first-order valence-electron chi connectivity index (χ1n) is 3.94. The van der Waals surface area contributed by atoms with Gasteiger partial charge in [-0.3, -0.25) is 0 Å². The Hall–Kier alpha value is -1.58. The van der Waals surface area contributed by atoms with E-state index in [2.05, 4.69) is 16.1 Å². The van der Waals surface area contributed by atoms with Gasteiger partial charge in [0, 0.05) is 11.6 Å². The second-order valence-electron chi connectivity index (χ2n) is 2.30. The van der Waals surface area contributed by atoms with Gasteiger partial charge in [0.15, 0.2) is 0 Å². The van der Waals surface area contributed by atoms with E-state index < -0.39 is 0 Å². The summed E-state index contributed by atoms with van der Waals surface area (Å²) in [7, 11) is 2.68. The summed E-state index contributed by atoms with van der Waals surface area (Å²) < 4.78 is 8.54. The molecular formula is C10H16O4. The smallest absolute Gasteiger partial charge is 0.332 e. The standard InChI is InChI=1S/2C5H8O2/c1-4(2)5(6)7-3;1-3-4-5(6)7-2/h1H2,2-3H3;3-4H,1-2H3/b;4-3+. The molecule has 0 aromatic carbocycles. The molecule has 0 amide bonds. The number of rotatable bonds is 2. The Labute approximate surface area is 84.2 Å². The van der Waals surface area contributed by atoms with Crippen LogP contribution >= 0.6 is 0 Å². The Morgan fingerprint density at radius 1 is 1.21 bits per heavy atom. The predicted octanol–water partition coefficient (Wildman–Crippen LogP) is 1.47. The molecule has 0 aromatic rings. The molecule has 0 bridgehead atoms. The van der Waals surface area contributed by atoms with Crippen LogP contribution in [0.3, 0.4) is 0 Å². The van der Waals surface area contributed by atoms with Crippen molar-refractivity contribution in [3.05, 3.63) is 24.3 Å². The zero-order chi connectivity index (χ0) is 11.6. The van der Waals surface area contributed by atoms with Gasteiger partial charge in [-0.15, -0.1) is 0 Å². The monoisotopic (exact) mass is 200 g/mol. The molecule has 0 aromatic heterocycles. The van der Waals surface area contributed by atoms with Crippen LogP contribution in [0, 0.1) is 0 Å². The maximum atomic E-state index is 10.2. The summed E-state index contributed by atoms with van der Waals surface area (Å²) in [5.74, 6) is -0.650. The van der Waals surface area contributed by atoms with E-state index in [0.717, 1.165) is 0 Å². The molecule has 0 rings (SSSR count). The molecular weight excluding hydrogens is 184 g/mol. The number of carbonyl (C=O) groups is 2. The fraction of sp³-hybridized carbons (Fsp3) is 0.400. The first-order valence-corrected chi connectivity index (χ1v) is 3.94. The van der Waals surface area contributed by atoms with E-state index in [1.165, 1.54) is 20.3 Å². The van der Waals surface area contributed by atoms with Gasteiger partial charge < -0.3 is 9.47 Å². The van der Waals surface area contributed by atoms with Crippen LogP contribution in [0.2, 0.25) is 0 Å². The van der Waals surface area contributed by atoms with Crippen LogP contribution in [0.25, 0.3) is 0 Å². The quantitative estimate of drug-likeness (QED) is 0.500. The molecule has 14 heavy (non-hydrogen) atoms. The van der Waals surface area contributed by atoms with Crippen molar-refractivity contribution in [1.82, 2.24) is 0 Å². The number of allylic oxidation sites excluding steroid dienone is 1. The number of methoxy groups -OCH3 is 2. The maximum Gasteiger partial charge on any atom is 0.332 e. The van der Waals surface area contributed by atoms with E-state index in [1.54, 1.807) is 19.9 Å². The molecule has 80 valence electrons. The Kier molecular flexibility index (Phi) is 10.1. The van der Waals surface area contributed by atoms with Crippen LogP contribution in [-0.4, -0.2) is 26.2 Å². The van der Waals surface area contributed by atoms with Crippen LogP contribution in [0.4, 0.5) is 0 Å². The molecule has 0 aliphatic heterocycles. The first-order chi connectivity index (χ1) is 6.49. The van der Waals surface area contributed by atoms with Gasteiger partial charge in [0.2, 0.25) is 0 Å². The van der Waals surface area contributed by atoms with E-state index in [1.807, 2.05) is 0 Å². The van der Waals surface area contributed by atoms with Crippen molar-refractivity contribution < 1.29 is 19.1 Å². The molecule has 0 saturated heterocycles. The Bertz CT molecular complexity index is 228. The number of carbonyl (C=O) groups excluding carboxylic acids is 2. The molecule has 0 heterocycles. The van der Waals surface area contributed by atoms with E-state index >= 15 is 0 Å². The molecule has 0 atom stereocenters. The summed E-state index contributed by atoms with van der Waals surface area (Å²) in [5.41, 5.74) is 0.433. The molecule has 0 saturated carbocycles. The molecule has 0 aliphatic rings. The van der Waals surface area contributed by atoms with Gasteiger partial charge in [0.1, 0.15) is 0 Å². The van der Waals surface area contributed by atoms with Crippen LogP contribution < -0.4 is 0 Å². The summed E-state index contributed by atoms with van der Waals surface area (Å²) >= 11 is 0. The van der Waals surface area contributed by atoms with Crippen LogP contribution in [0.15, 0.2) is 24.3 Å². The number of esters is 2. The lowest BCUT2D eigenvalue weighted by molar-refractivity contribution is -0.136. The highest BCUT2D eigenvalue weighted by Gasteiger charge is 1.95. The van der Waals surface area contributed by atoms with Crippen molar-refractivity contribution >= 4 is 11.9 Å². The Morgan fingerprint density at radius 3 is 1.79 bits per heavy atom. The van der Waals surface area contributed by atoms with Gasteiger partial charge in [-0.2, -0.15) is 0 Å². The maximum absolute atomic E-state index is 10.2. The largest absolute Gasteiger partial charge is 0.466 e. The molecule has 0 spiro atoms. The summed E-state index contributed by atoms with van der Waals surface area (Å²) in [5, 5.41) is 0. The fourth-order valence-electron chi connectivity index (χ4n) is 0.378. The average molecular weight is 200 g/mol. The summed E-state index contributed by atoms with van der Waals surface area (Å²) in [6, 6.07) is 0. The molecule has 4 heteroatoms. The van der Waals surface area contributed by atoms with Crippen molar-refractivity contribution in [2.75, 3.05) is 14.2 Å². The van der Waals surface area contributed by atoms with Gasteiger partial charge in [-0.1, -0.05) is 12.7 Å². The van der Waals surface area contributed by atoms with Gasteiger partial charge in [-0.05, 0) is 13.8 Å². The third-order valence-electron chi connectivity index (χ3n) is 1.04. The molecule has 0 fully saturated rings. The lowest BCUT2D eigenvalue weighted by atomic mass is 10.4. The predicted molar refractivity (Wildman–Crippen MR) is 53.7 cm³/mol. The van der Waals surface area contributed by atoms with Crippen LogP contribution in [0.5, 0.6) is 0 Å². The third kappa shape index (κ3) is 10.4. The molecule has 0 aliphatic carbocycles. The fourth-order valence-corrected chi connectivity index (χ4v) is 0.378. The summed E-state index contributed by atoms with van der Waals surface area (Å²) in [4.78, 5) is 20.3. The minimum Gasteiger partial charge on any atom is -0.466 e. The van der Waals surface area contributed by atoms with Crippen LogP contribution in [-0.2, 0) is 19.1 Å². The third-order valence-corrected chi connectivity index (χ3v) is 1.04. The minimum atomic E-state index is -0.347. The topological polar surface area (TPSA) is 52.6 Å². The molecule has 0 N–H and O–H groups in total. The van der Waals surface area contributed by atoms with Crippen molar-refractivity contribution in [2.24, 2.45) is 0 Å². The minimum absolute atomic E-state index is 0.303. The summed E-state index contributed by atoms with van der Waals surface area (Å²) in [6.45, 7) is 6.72. The zero-order valence-corrected chi connectivity index (χ0v) is 8.99. The highest BCUT2D eigenvalue weighted by atomic mass is 16.5. The number of hydrogen-bond donors (Lipinski definition) is 0. The normalized spacial score (nSPS) is 8.57. The second kappa shape index (κ2) is 9.51. The van der Waals surface area contributed by atoms with Crippen LogP contribution in [0.1, 0.15) is 13.8 Å². The van der Waals surface area contributed by atoms with E-state index in [-0.39, 0.29) is 11.9 Å². The number of hydrogen-bond acceptors (Lipinski definition) is 4. The van der Waals surface area contributed by atoms with Gasteiger partial charge in [0.25, 0.3) is 0 Å². The Morgan fingerprint density at radius 2 is 1.71 bits per heavy atom. The molecule has 4 nitrogen and oxygen atoms in total. The van der Waals surface area contributed by atoms with Gasteiger partial charge in [-0.25, -0.2) is 9.59 Å². The van der Waals surface area contributed by atoms with E-state index in [9.17, 15) is 9.59 Å². The summed E-state index contributed by atoms with van der Waals surface area (Å²) in [6.07, 6.45) is 2.99. The zero-order valence-electron chi connectivity index (χ0n) is 8.99. The SMILES string of the molecule is C/C=C/C(=O)OC.C=C(C)C(=O)OC. The second-order valence-corrected chi connectivity index (χ2v) is 2.30. The number of ether oxygens (including phenoxy) is 2.